The molecule has 10 amide bonds. The largest absolute Gasteiger partial charge is 0.497 e. The first-order chi connectivity index (χ1) is 47.7. The van der Waals surface area contributed by atoms with Crippen molar-refractivity contribution in [2.45, 2.75) is 164 Å². The van der Waals surface area contributed by atoms with E-state index in [0.29, 0.717) is 95.5 Å². The van der Waals surface area contributed by atoms with Crippen LogP contribution in [0.4, 0.5) is 4.39 Å². The number of halogens is 1. The molecule has 11 rings (SSSR count). The number of rotatable bonds is 5. The van der Waals surface area contributed by atoms with E-state index < -0.39 is 132 Å². The van der Waals surface area contributed by atoms with Gasteiger partial charge in [0, 0.05) is 99.9 Å². The second-order valence-corrected chi connectivity index (χ2v) is 26.2. The lowest BCUT2D eigenvalue weighted by Gasteiger charge is -2.49. The maximum atomic E-state index is 16.0. The molecule has 6 aliphatic heterocycles. The van der Waals surface area contributed by atoms with Gasteiger partial charge in [0.25, 0.3) is 0 Å². The van der Waals surface area contributed by atoms with Crippen LogP contribution in [0, 0.1) is 5.82 Å². The van der Waals surface area contributed by atoms with Crippen molar-refractivity contribution < 1.29 is 71.7 Å². The van der Waals surface area contributed by atoms with Crippen LogP contribution in [0.3, 0.4) is 0 Å². The maximum Gasteiger partial charge on any atom is 0.250 e. The average Bonchev–Trinajstić information content (AvgIpc) is 1.64. The summed E-state index contributed by atoms with van der Waals surface area (Å²) in [6.45, 7) is 2.65. The van der Waals surface area contributed by atoms with Gasteiger partial charge >= 0.3 is 0 Å². The molecule has 5 aromatic rings. The second kappa shape index (κ2) is 31.3. The average molecular weight is 1360 g/mol. The number of hydrogen-bond donors (Lipinski definition) is 11. The first-order valence-electron chi connectivity index (χ1n) is 33.8. The molecule has 4 aromatic carbocycles. The minimum absolute atomic E-state index is 0.0186. The summed E-state index contributed by atoms with van der Waals surface area (Å²) in [5, 5.41) is 37.3. The Kier molecular flexibility index (Phi) is 22.2. The Bertz CT molecular complexity index is 3940. The van der Waals surface area contributed by atoms with E-state index in [1.54, 1.807) is 48.7 Å². The van der Waals surface area contributed by atoms with Gasteiger partial charge in [-0.3, -0.25) is 47.9 Å². The SMILES string of the molecule is COc1ccc(C[C@@H]2NC(=O)[C@@H]([C@@H](C)O)NC(=O)[C@@H]3[C@@H]4CCN3C(=O)[C@@H]3Cc5cn(c6ccc(F)cc56)CCCCOc5cc(ccc5CNC(=O)CCC(=O)N[C@@H](C)C(=O)N[C@H](CN)C(=O)N[C@@H](Cc5cccc(c5)CNC(=O)CO4)C(=O)N3)CCNC(=O)[C@@]34C=C2N3CCC4)cc1. The number of hydrogen-bond acceptors (Lipinski definition) is 16. The fourth-order valence-corrected chi connectivity index (χ4v) is 13.9. The van der Waals surface area contributed by atoms with Gasteiger partial charge in [0.15, 0.2) is 0 Å². The topological polar surface area (TPSA) is 364 Å². The Morgan fingerprint density at radius 2 is 1.46 bits per heavy atom. The van der Waals surface area contributed by atoms with Crippen LogP contribution in [-0.2, 0) is 98.0 Å². The van der Waals surface area contributed by atoms with Gasteiger partial charge in [-0.15, -0.1) is 0 Å². The number of aliphatic hydroxyl groups excluding tert-OH is 1. The van der Waals surface area contributed by atoms with Gasteiger partial charge in [-0.05, 0) is 129 Å². The van der Waals surface area contributed by atoms with Crippen LogP contribution < -0.4 is 63.1 Å². The Morgan fingerprint density at radius 3 is 2.25 bits per heavy atom. The number of ether oxygens (including phenoxy) is 3. The van der Waals surface area contributed by atoms with Crippen LogP contribution in [0.2, 0.25) is 0 Å². The third-order valence-electron chi connectivity index (χ3n) is 19.3. The number of aryl methyl sites for hydroxylation is 1. The number of nitrogens with two attached hydrogens (primary N) is 1. The standard InChI is InChI=1S/C71H86FN13O14/c1-40-64(90)81-54(35-73)66(92)79-52-30-44-8-6-9-45(28-44)36-75-61(89)39-99-57-21-26-84-63(57)68(94)82-62(41(2)86)67(93)78-51(29-42-11-15-49(97-3)16-12-42)56-34-71(22-7-25-85(56)71)70(96)74-23-20-43-10-13-46(37-76-59(87)18-19-60(88)77-40)58(31-43)98-27-5-4-24-83-38-47(32-53(69(84)95)80-65(52)91)50-33-48(72)14-17-55(50)83/h6,8-17,28,31,33-34,38,40-41,51-54,57,62-63,86H,4-5,7,18-27,29-30,32,35-37,39,73H2,1-3H3,(H,74,96)(H,75,89)(H,76,87)(H,77,88)(H,78,93)(H,79,92)(H,80,91)(H,81,90)(H,82,94)/t40-,41+,51-,52-,53-,54+,57-,62+,63-,71+/m0/s1. The Labute approximate surface area is 571 Å². The van der Waals surface area contributed by atoms with Crippen LogP contribution in [0.25, 0.3) is 10.9 Å². The third kappa shape index (κ3) is 16.5. The number of nitrogens with one attached hydrogen (secondary N) is 9. The molecule has 28 heteroatoms. The molecular formula is C71H86FN13O14. The molecule has 526 valence electrons. The molecule has 0 aliphatic carbocycles. The summed E-state index contributed by atoms with van der Waals surface area (Å²) in [7, 11) is 1.54. The lowest BCUT2D eigenvalue weighted by molar-refractivity contribution is -0.146. The minimum atomic E-state index is -1.69. The highest BCUT2D eigenvalue weighted by atomic mass is 19.1. The lowest BCUT2D eigenvalue weighted by Crippen LogP contribution is -2.65. The summed E-state index contributed by atoms with van der Waals surface area (Å²) in [6, 6.07) is 13.7. The first-order valence-corrected chi connectivity index (χ1v) is 33.8. The molecule has 2 fully saturated rings. The summed E-state index contributed by atoms with van der Waals surface area (Å²) in [5.74, 6) is -6.81. The van der Waals surface area contributed by atoms with Crippen molar-refractivity contribution in [2.75, 3.05) is 46.5 Å². The van der Waals surface area contributed by atoms with Crippen molar-refractivity contribution in [1.29, 1.82) is 0 Å². The van der Waals surface area contributed by atoms with Crippen LogP contribution in [0.15, 0.2) is 103 Å². The smallest absolute Gasteiger partial charge is 0.250 e. The van der Waals surface area contributed by atoms with Gasteiger partial charge in [0.2, 0.25) is 59.1 Å². The van der Waals surface area contributed by atoms with E-state index in [4.69, 9.17) is 19.9 Å². The maximum absolute atomic E-state index is 16.0. The molecule has 10 atom stereocenters. The number of amides is 10. The number of aliphatic hydroxyl groups is 1. The van der Waals surface area contributed by atoms with E-state index >= 15 is 23.6 Å². The molecule has 0 radical (unpaired) electrons. The summed E-state index contributed by atoms with van der Waals surface area (Å²) in [6.07, 6.45) is 2.32. The third-order valence-corrected chi connectivity index (χ3v) is 19.3. The van der Waals surface area contributed by atoms with Crippen molar-refractivity contribution in [3.8, 4) is 11.5 Å². The molecule has 0 saturated carbocycles. The molecule has 1 spiro atoms. The van der Waals surface area contributed by atoms with Gasteiger partial charge in [-0.25, -0.2) is 4.39 Å². The lowest BCUT2D eigenvalue weighted by atomic mass is 9.83. The molecule has 7 heterocycles. The molecule has 13 bridgehead atoms. The summed E-state index contributed by atoms with van der Waals surface area (Å²) in [5.41, 5.74) is 9.96. The van der Waals surface area contributed by atoms with Crippen molar-refractivity contribution in [1.82, 2.24) is 62.2 Å². The molecule has 6 aliphatic rings. The van der Waals surface area contributed by atoms with Crippen molar-refractivity contribution in [2.24, 2.45) is 5.73 Å². The second-order valence-electron chi connectivity index (χ2n) is 26.2. The van der Waals surface area contributed by atoms with Crippen molar-refractivity contribution >= 4 is 70.0 Å². The van der Waals surface area contributed by atoms with E-state index in [-0.39, 0.29) is 77.2 Å². The zero-order valence-corrected chi connectivity index (χ0v) is 55.6. The Balaban J connectivity index is 1.02. The molecule has 1 aromatic heterocycles. The predicted octanol–water partition coefficient (Wildman–Crippen LogP) is 0.375. The highest BCUT2D eigenvalue weighted by molar-refractivity contribution is 5.99. The van der Waals surface area contributed by atoms with Gasteiger partial charge in [-0.1, -0.05) is 48.5 Å². The number of carbonyl (C=O) groups is 10. The monoisotopic (exact) mass is 1360 g/mol. The van der Waals surface area contributed by atoms with Crippen molar-refractivity contribution in [3.05, 3.63) is 142 Å². The molecule has 2 saturated heterocycles. The zero-order chi connectivity index (χ0) is 70.1. The van der Waals surface area contributed by atoms with E-state index in [2.05, 4.69) is 47.9 Å². The van der Waals surface area contributed by atoms with Gasteiger partial charge < -0.3 is 87.3 Å². The summed E-state index contributed by atoms with van der Waals surface area (Å²) < 4.78 is 35.8. The van der Waals surface area contributed by atoms with Gasteiger partial charge in [-0.2, -0.15) is 0 Å². The van der Waals surface area contributed by atoms with E-state index in [1.807, 2.05) is 45.9 Å². The fourth-order valence-electron chi connectivity index (χ4n) is 13.9. The Morgan fingerprint density at radius 1 is 0.697 bits per heavy atom. The van der Waals surface area contributed by atoms with Crippen molar-refractivity contribution in [3.63, 3.8) is 0 Å². The minimum Gasteiger partial charge on any atom is -0.497 e. The quantitative estimate of drug-likeness (QED) is 0.113. The van der Waals surface area contributed by atoms with E-state index in [9.17, 15) is 33.9 Å². The fraction of sp³-hybridized carbons (Fsp3) is 0.465. The van der Waals surface area contributed by atoms with Crippen LogP contribution in [0.1, 0.15) is 92.2 Å². The molecule has 27 nitrogen and oxygen atoms in total. The van der Waals surface area contributed by atoms with Crippen LogP contribution in [0.5, 0.6) is 11.5 Å². The molecule has 0 unspecified atom stereocenters. The summed E-state index contributed by atoms with van der Waals surface area (Å²) in [4.78, 5) is 148. The highest BCUT2D eigenvalue weighted by Gasteiger charge is 2.55. The number of fused-ring (bicyclic) bond motifs is 11. The van der Waals surface area contributed by atoms with Gasteiger partial charge in [0.1, 0.15) is 65.7 Å². The number of carbonyl (C=O) groups excluding carboxylic acids is 10. The van der Waals surface area contributed by atoms with Gasteiger partial charge in [0.05, 0.1) is 32.0 Å². The molecule has 12 N–H and O–H groups in total. The predicted molar refractivity (Wildman–Crippen MR) is 358 cm³/mol. The number of nitrogens with zero attached hydrogens (tertiary/aromatic N) is 3. The molecular weight excluding hydrogens is 1280 g/mol. The highest BCUT2D eigenvalue weighted by Crippen LogP contribution is 2.45. The van der Waals surface area contributed by atoms with E-state index in [1.165, 1.54) is 38.0 Å². The number of benzene rings is 4. The number of methoxy groups -OCH3 is 1. The van der Waals surface area contributed by atoms with Crippen LogP contribution in [-0.4, -0.2) is 185 Å². The first kappa shape index (κ1) is 70.4. The van der Waals surface area contributed by atoms with E-state index in [0.717, 1.165) is 11.1 Å². The zero-order valence-electron chi connectivity index (χ0n) is 55.6. The molecule has 99 heavy (non-hydrogen) atoms. The summed E-state index contributed by atoms with van der Waals surface area (Å²) >= 11 is 0. The number of aromatic nitrogens is 1. The van der Waals surface area contributed by atoms with Crippen LogP contribution >= 0.6 is 0 Å². The normalized spacial score (nSPS) is 26.4. The Hall–Kier alpha value is -9.93.